The number of carbonyl (C=O) groups excluding carboxylic acids is 2. The minimum Gasteiger partial charge on any atom is -0.465 e. The van der Waals surface area contributed by atoms with Crippen molar-refractivity contribution in [3.05, 3.63) is 65.5 Å². The first-order chi connectivity index (χ1) is 12.0. The van der Waals surface area contributed by atoms with Crippen molar-refractivity contribution in [2.75, 3.05) is 26.1 Å². The number of rotatable bonds is 6. The van der Waals surface area contributed by atoms with Crippen LogP contribution in [0.5, 0.6) is 0 Å². The normalized spacial score (nSPS) is 11.5. The molecule has 132 valence electrons. The Hall–Kier alpha value is -2.93. The fourth-order valence-corrected chi connectivity index (χ4v) is 2.22. The van der Waals surface area contributed by atoms with E-state index in [1.165, 1.54) is 26.4 Å². The highest BCUT2D eigenvalue weighted by Crippen LogP contribution is 2.18. The molecule has 1 atom stereocenters. The fraction of sp³-hybridized carbons (Fsp3) is 0.222. The van der Waals surface area contributed by atoms with Crippen molar-refractivity contribution in [2.45, 2.75) is 6.10 Å². The Bertz CT molecular complexity index is 737. The van der Waals surface area contributed by atoms with Crippen molar-refractivity contribution in [3.8, 4) is 0 Å². The van der Waals surface area contributed by atoms with Crippen molar-refractivity contribution < 1.29 is 23.5 Å². The van der Waals surface area contributed by atoms with Crippen LogP contribution in [0.15, 0.2) is 48.5 Å². The molecular weight excluding hydrogens is 327 g/mol. The summed E-state index contributed by atoms with van der Waals surface area (Å²) in [5.41, 5.74) is 0.927. The molecule has 6 nitrogen and oxygen atoms in total. The van der Waals surface area contributed by atoms with Crippen LogP contribution in [0.25, 0.3) is 0 Å². The summed E-state index contributed by atoms with van der Waals surface area (Å²) >= 11 is 0. The number of amides is 2. The molecule has 0 saturated heterocycles. The first-order valence-corrected chi connectivity index (χ1v) is 7.55. The second kappa shape index (κ2) is 8.79. The van der Waals surface area contributed by atoms with Crippen LogP contribution in [0.4, 0.5) is 14.9 Å². The van der Waals surface area contributed by atoms with E-state index in [0.29, 0.717) is 0 Å². The molecule has 0 spiro atoms. The molecule has 25 heavy (non-hydrogen) atoms. The van der Waals surface area contributed by atoms with Gasteiger partial charge in [-0.05, 0) is 23.8 Å². The zero-order valence-electron chi connectivity index (χ0n) is 13.9. The smallest absolute Gasteiger partial charge is 0.337 e. The monoisotopic (exact) mass is 346 g/mol. The summed E-state index contributed by atoms with van der Waals surface area (Å²) in [6, 6.07) is 12.4. The number of ether oxygens (including phenoxy) is 2. The number of hydrogen-bond donors (Lipinski definition) is 2. The van der Waals surface area contributed by atoms with Crippen molar-refractivity contribution >= 4 is 17.7 Å². The molecule has 7 heteroatoms. The largest absolute Gasteiger partial charge is 0.465 e. The molecule has 2 N–H and O–H groups in total. The van der Waals surface area contributed by atoms with Crippen molar-refractivity contribution in [1.82, 2.24) is 5.32 Å². The predicted octanol–water partition coefficient (Wildman–Crippen LogP) is 3.12. The lowest BCUT2D eigenvalue weighted by Crippen LogP contribution is -2.33. The van der Waals surface area contributed by atoms with Gasteiger partial charge in [-0.3, -0.25) is 0 Å². The van der Waals surface area contributed by atoms with Gasteiger partial charge in [0.1, 0.15) is 5.82 Å². The number of methoxy groups -OCH3 is 2. The Labute approximate surface area is 144 Å². The lowest BCUT2D eigenvalue weighted by atomic mass is 10.1. The molecule has 0 aliphatic carbocycles. The van der Waals surface area contributed by atoms with Gasteiger partial charge in [-0.2, -0.15) is 0 Å². The molecule has 0 bridgehead atoms. The van der Waals surface area contributed by atoms with Crippen LogP contribution >= 0.6 is 0 Å². The molecule has 2 aromatic rings. The van der Waals surface area contributed by atoms with Crippen LogP contribution in [0.2, 0.25) is 0 Å². The molecule has 0 fully saturated rings. The van der Waals surface area contributed by atoms with Gasteiger partial charge in [-0.25, -0.2) is 14.0 Å². The first kappa shape index (κ1) is 18.4. The Kier molecular flexibility index (Phi) is 6.47. The third kappa shape index (κ3) is 5.02. The molecule has 2 rings (SSSR count). The topological polar surface area (TPSA) is 76.7 Å². The SMILES string of the molecule is COC(=O)c1ccc(F)c(NC(=O)NCC(OC)c2ccccc2)c1. The Balaban J connectivity index is 1.99. The summed E-state index contributed by atoms with van der Waals surface area (Å²) in [4.78, 5) is 23.5. The summed E-state index contributed by atoms with van der Waals surface area (Å²) in [7, 11) is 2.76. The van der Waals surface area contributed by atoms with Crippen molar-refractivity contribution in [1.29, 1.82) is 0 Å². The zero-order valence-corrected chi connectivity index (χ0v) is 13.9. The highest BCUT2D eigenvalue weighted by atomic mass is 19.1. The van der Waals surface area contributed by atoms with Crippen LogP contribution in [-0.2, 0) is 9.47 Å². The van der Waals surface area contributed by atoms with Gasteiger partial charge < -0.3 is 20.1 Å². The van der Waals surface area contributed by atoms with E-state index in [-0.39, 0.29) is 23.9 Å². The molecular formula is C18H19FN2O4. The Morgan fingerprint density at radius 3 is 2.48 bits per heavy atom. The molecule has 0 aromatic heterocycles. The van der Waals surface area contributed by atoms with Gasteiger partial charge in [0.25, 0.3) is 0 Å². The highest BCUT2D eigenvalue weighted by molar-refractivity contribution is 5.94. The van der Waals surface area contributed by atoms with Gasteiger partial charge in [0.05, 0.1) is 24.5 Å². The van der Waals surface area contributed by atoms with E-state index in [2.05, 4.69) is 15.4 Å². The van der Waals surface area contributed by atoms with E-state index < -0.39 is 17.8 Å². The minimum absolute atomic E-state index is 0.117. The second-order valence-corrected chi connectivity index (χ2v) is 5.16. The van der Waals surface area contributed by atoms with E-state index in [1.54, 1.807) is 0 Å². The van der Waals surface area contributed by atoms with E-state index in [4.69, 9.17) is 4.74 Å². The van der Waals surface area contributed by atoms with Crippen LogP contribution in [0.3, 0.4) is 0 Å². The maximum Gasteiger partial charge on any atom is 0.337 e. The van der Waals surface area contributed by atoms with E-state index in [9.17, 15) is 14.0 Å². The number of carbonyl (C=O) groups is 2. The number of nitrogens with one attached hydrogen (secondary N) is 2. The van der Waals surface area contributed by atoms with Crippen LogP contribution in [0.1, 0.15) is 22.0 Å². The Morgan fingerprint density at radius 2 is 1.84 bits per heavy atom. The minimum atomic E-state index is -0.658. The second-order valence-electron chi connectivity index (χ2n) is 5.16. The maximum atomic E-state index is 13.8. The van der Waals surface area contributed by atoms with E-state index in [1.807, 2.05) is 30.3 Å². The van der Waals surface area contributed by atoms with Crippen LogP contribution < -0.4 is 10.6 Å². The summed E-state index contributed by atoms with van der Waals surface area (Å²) in [5.74, 6) is -1.28. The number of esters is 1. The Morgan fingerprint density at radius 1 is 1.12 bits per heavy atom. The molecule has 2 amide bonds. The maximum absolute atomic E-state index is 13.8. The standard InChI is InChI=1S/C18H19FN2O4/c1-24-16(12-6-4-3-5-7-12)11-20-18(23)21-15-10-13(17(22)25-2)8-9-14(15)19/h3-10,16H,11H2,1-2H3,(H2,20,21,23). The zero-order chi connectivity index (χ0) is 18.2. The average Bonchev–Trinajstić information content (AvgIpc) is 2.64. The van der Waals surface area contributed by atoms with Gasteiger partial charge in [0, 0.05) is 13.7 Å². The number of urea groups is 1. The lowest BCUT2D eigenvalue weighted by molar-refractivity contribution is 0.0600. The van der Waals surface area contributed by atoms with Crippen molar-refractivity contribution in [2.24, 2.45) is 0 Å². The van der Waals surface area contributed by atoms with Crippen LogP contribution in [-0.4, -0.2) is 32.8 Å². The molecule has 0 saturated carbocycles. The predicted molar refractivity (Wildman–Crippen MR) is 91.0 cm³/mol. The van der Waals surface area contributed by atoms with Crippen molar-refractivity contribution in [3.63, 3.8) is 0 Å². The molecule has 0 aliphatic heterocycles. The number of halogens is 1. The molecule has 0 radical (unpaired) electrons. The molecule has 0 heterocycles. The number of hydrogen-bond acceptors (Lipinski definition) is 4. The molecule has 1 unspecified atom stereocenters. The average molecular weight is 346 g/mol. The lowest BCUT2D eigenvalue weighted by Gasteiger charge is -2.17. The fourth-order valence-electron chi connectivity index (χ4n) is 2.22. The summed E-state index contributed by atoms with van der Waals surface area (Å²) in [5, 5.41) is 4.98. The van der Waals surface area contributed by atoms with Gasteiger partial charge in [-0.1, -0.05) is 30.3 Å². The van der Waals surface area contributed by atoms with Gasteiger partial charge in [-0.15, -0.1) is 0 Å². The highest BCUT2D eigenvalue weighted by Gasteiger charge is 2.14. The summed E-state index contributed by atoms with van der Waals surface area (Å²) < 4.78 is 23.7. The van der Waals surface area contributed by atoms with Gasteiger partial charge >= 0.3 is 12.0 Å². The molecule has 2 aromatic carbocycles. The molecule has 0 aliphatic rings. The van der Waals surface area contributed by atoms with Gasteiger partial charge in [0.15, 0.2) is 0 Å². The number of benzene rings is 2. The summed E-state index contributed by atoms with van der Waals surface area (Å²) in [6.07, 6.45) is -0.335. The first-order valence-electron chi connectivity index (χ1n) is 7.55. The third-order valence-corrected chi connectivity index (χ3v) is 3.54. The van der Waals surface area contributed by atoms with Gasteiger partial charge in [0.2, 0.25) is 0 Å². The quantitative estimate of drug-likeness (QED) is 0.788. The summed E-state index contributed by atoms with van der Waals surface area (Å²) in [6.45, 7) is 0.199. The van der Waals surface area contributed by atoms with Crippen LogP contribution in [0, 0.1) is 5.82 Å². The third-order valence-electron chi connectivity index (χ3n) is 3.54. The number of anilines is 1. The van der Waals surface area contributed by atoms with E-state index >= 15 is 0 Å². The van der Waals surface area contributed by atoms with E-state index in [0.717, 1.165) is 11.6 Å².